The fourth-order valence-electron chi connectivity index (χ4n) is 2.05. The molecule has 7 nitrogen and oxygen atoms in total. The number of hydrogen-bond acceptors (Lipinski definition) is 6. The summed E-state index contributed by atoms with van der Waals surface area (Å²) in [4.78, 5) is 20.7. The second-order valence-corrected chi connectivity index (χ2v) is 7.68. The van der Waals surface area contributed by atoms with Gasteiger partial charge in [-0.2, -0.15) is 8.42 Å². The van der Waals surface area contributed by atoms with E-state index in [1.807, 2.05) is 0 Å². The topological polar surface area (TPSA) is 104 Å². The van der Waals surface area contributed by atoms with Crippen LogP contribution in [0.25, 0.3) is 0 Å². The van der Waals surface area contributed by atoms with Crippen LogP contribution in [0.2, 0.25) is 0 Å². The summed E-state index contributed by atoms with van der Waals surface area (Å²) in [5, 5.41) is 11.1. The number of carbonyl (C=O) groups excluding carboxylic acids is 1. The maximum Gasteiger partial charge on any atom is 0.346 e. The molecule has 0 aromatic heterocycles. The van der Waals surface area contributed by atoms with Crippen LogP contribution in [0.1, 0.15) is 18.9 Å². The second-order valence-electron chi connectivity index (χ2n) is 5.25. The molecule has 25 heavy (non-hydrogen) atoms. The van der Waals surface area contributed by atoms with Gasteiger partial charge in [0, 0.05) is 17.0 Å². The fraction of sp³-hybridized carbons (Fsp3) is 0.188. The Hall–Kier alpha value is -2.26. The Morgan fingerprint density at radius 3 is 2.40 bits per heavy atom. The van der Waals surface area contributed by atoms with Gasteiger partial charge < -0.3 is 8.98 Å². The van der Waals surface area contributed by atoms with Crippen molar-refractivity contribution in [1.82, 2.24) is 0 Å². The Morgan fingerprint density at radius 2 is 1.84 bits per heavy atom. The molecular weight excluding hydrogens is 414 g/mol. The number of aryl methyl sites for hydroxylation is 1. The molecule has 2 aromatic carbocycles. The number of nitro groups is 1. The quantitative estimate of drug-likeness (QED) is 0.379. The number of hydrogen-bond donors (Lipinski definition) is 0. The Labute approximate surface area is 153 Å². The van der Waals surface area contributed by atoms with Crippen molar-refractivity contribution in [2.75, 3.05) is 0 Å². The molecule has 2 aromatic rings. The normalized spacial score (nSPS) is 11.1. The molecule has 0 aliphatic rings. The highest BCUT2D eigenvalue weighted by Gasteiger charge is 2.28. The monoisotopic (exact) mass is 427 g/mol. The number of nitro benzene ring substituents is 1. The lowest BCUT2D eigenvalue weighted by Crippen LogP contribution is -2.12. The van der Waals surface area contributed by atoms with Crippen molar-refractivity contribution in [3.8, 4) is 5.75 Å². The van der Waals surface area contributed by atoms with Crippen molar-refractivity contribution in [2.45, 2.75) is 24.7 Å². The van der Waals surface area contributed by atoms with Crippen LogP contribution in [-0.2, 0) is 21.3 Å². The van der Waals surface area contributed by atoms with Gasteiger partial charge in [-0.05, 0) is 43.2 Å². The molecule has 132 valence electrons. The number of ketones is 1. The first-order valence-corrected chi connectivity index (χ1v) is 9.36. The number of benzene rings is 2. The molecule has 0 spiro atoms. The molecule has 9 heteroatoms. The van der Waals surface area contributed by atoms with E-state index in [2.05, 4.69) is 15.9 Å². The number of nitrogens with zero attached hydrogens (tertiary/aromatic N) is 1. The van der Waals surface area contributed by atoms with Crippen LogP contribution in [0, 0.1) is 10.1 Å². The van der Waals surface area contributed by atoms with E-state index in [0.29, 0.717) is 17.3 Å². The largest absolute Gasteiger partial charge is 0.379 e. The molecule has 2 rings (SSSR count). The van der Waals surface area contributed by atoms with Gasteiger partial charge in [-0.3, -0.25) is 10.1 Å². The molecule has 0 radical (unpaired) electrons. The van der Waals surface area contributed by atoms with Crippen LogP contribution >= 0.6 is 15.9 Å². The molecule has 0 N–H and O–H groups in total. The molecule has 0 aliphatic heterocycles. The SMILES string of the molecule is CC(=O)CCc1ccc(OS(=O)(=O)c2ccc(Br)cc2[N+](=O)[O-])cc1. The van der Waals surface area contributed by atoms with E-state index in [4.69, 9.17) is 4.18 Å². The van der Waals surface area contributed by atoms with Crippen molar-refractivity contribution in [1.29, 1.82) is 0 Å². The van der Waals surface area contributed by atoms with Gasteiger partial charge in [0.2, 0.25) is 0 Å². The van der Waals surface area contributed by atoms with Crippen LogP contribution in [0.15, 0.2) is 51.8 Å². The molecule has 0 unspecified atom stereocenters. The summed E-state index contributed by atoms with van der Waals surface area (Å²) in [6, 6.07) is 9.76. The standard InChI is InChI=1S/C16H14BrNO6S/c1-11(19)2-3-12-4-7-14(8-5-12)24-25(22,23)16-9-6-13(17)10-15(16)18(20)21/h4-10H,2-3H2,1H3. The zero-order valence-corrected chi connectivity index (χ0v) is 15.5. The van der Waals surface area contributed by atoms with Crippen molar-refractivity contribution < 1.29 is 22.3 Å². The van der Waals surface area contributed by atoms with E-state index < -0.39 is 25.6 Å². The third-order valence-electron chi connectivity index (χ3n) is 3.28. The second kappa shape index (κ2) is 7.75. The molecule has 0 atom stereocenters. The summed E-state index contributed by atoms with van der Waals surface area (Å²) < 4.78 is 30.1. The average molecular weight is 428 g/mol. The minimum Gasteiger partial charge on any atom is -0.379 e. The van der Waals surface area contributed by atoms with Crippen molar-refractivity contribution >= 4 is 37.5 Å². The van der Waals surface area contributed by atoms with Crippen LogP contribution in [0.5, 0.6) is 5.75 Å². The lowest BCUT2D eigenvalue weighted by molar-refractivity contribution is -0.388. The Kier molecular flexibility index (Phi) is 5.91. The van der Waals surface area contributed by atoms with E-state index in [1.54, 1.807) is 12.1 Å². The lowest BCUT2D eigenvalue weighted by Gasteiger charge is -2.08. The minimum absolute atomic E-state index is 0.0313. The fourth-order valence-corrected chi connectivity index (χ4v) is 3.48. The zero-order chi connectivity index (χ0) is 18.6. The van der Waals surface area contributed by atoms with E-state index in [9.17, 15) is 23.3 Å². The zero-order valence-electron chi connectivity index (χ0n) is 13.1. The van der Waals surface area contributed by atoms with Gasteiger partial charge in [0.05, 0.1) is 4.92 Å². The molecule has 0 saturated heterocycles. The average Bonchev–Trinajstić information content (AvgIpc) is 2.53. The molecule has 0 fully saturated rings. The van der Waals surface area contributed by atoms with Crippen LogP contribution in [0.4, 0.5) is 5.69 Å². The van der Waals surface area contributed by atoms with E-state index in [1.165, 1.54) is 25.1 Å². The number of Topliss-reactive ketones (excluding diaryl/α,β-unsaturated/α-hetero) is 1. The van der Waals surface area contributed by atoms with Gasteiger partial charge in [-0.15, -0.1) is 0 Å². The van der Waals surface area contributed by atoms with E-state index >= 15 is 0 Å². The van der Waals surface area contributed by atoms with E-state index in [0.717, 1.165) is 17.7 Å². The minimum atomic E-state index is -4.36. The summed E-state index contributed by atoms with van der Waals surface area (Å²) in [6.45, 7) is 1.50. The molecule has 0 amide bonds. The van der Waals surface area contributed by atoms with Gasteiger partial charge in [0.25, 0.3) is 5.69 Å². The van der Waals surface area contributed by atoms with Gasteiger partial charge >= 0.3 is 10.1 Å². The third-order valence-corrected chi connectivity index (χ3v) is 5.07. The smallest absolute Gasteiger partial charge is 0.346 e. The molecule has 0 bridgehead atoms. The van der Waals surface area contributed by atoms with Crippen molar-refractivity contribution in [3.63, 3.8) is 0 Å². The van der Waals surface area contributed by atoms with Crippen molar-refractivity contribution in [2.24, 2.45) is 0 Å². The Balaban J connectivity index is 2.24. The lowest BCUT2D eigenvalue weighted by atomic mass is 10.1. The summed E-state index contributed by atoms with van der Waals surface area (Å²) in [5.41, 5.74) is 0.280. The van der Waals surface area contributed by atoms with Crippen LogP contribution < -0.4 is 4.18 Å². The molecular formula is C16H14BrNO6S. The first-order chi connectivity index (χ1) is 11.7. The first-order valence-electron chi connectivity index (χ1n) is 7.16. The highest BCUT2D eigenvalue weighted by atomic mass is 79.9. The predicted molar refractivity (Wildman–Crippen MR) is 94.1 cm³/mol. The predicted octanol–water partition coefficient (Wildman–Crippen LogP) is 3.65. The van der Waals surface area contributed by atoms with Crippen LogP contribution in [-0.4, -0.2) is 19.1 Å². The van der Waals surface area contributed by atoms with Crippen molar-refractivity contribution in [3.05, 3.63) is 62.6 Å². The third kappa shape index (κ3) is 5.10. The maximum atomic E-state index is 12.4. The summed E-state index contributed by atoms with van der Waals surface area (Å²) in [6.07, 6.45) is 0.935. The highest BCUT2D eigenvalue weighted by Crippen LogP contribution is 2.29. The maximum absolute atomic E-state index is 12.4. The number of halogens is 1. The Bertz CT molecular complexity index is 909. The molecule has 0 heterocycles. The number of rotatable bonds is 7. The summed E-state index contributed by atoms with van der Waals surface area (Å²) in [7, 11) is -4.36. The summed E-state index contributed by atoms with van der Waals surface area (Å²) >= 11 is 3.07. The van der Waals surface area contributed by atoms with Gasteiger partial charge in [-0.25, -0.2) is 0 Å². The van der Waals surface area contributed by atoms with Gasteiger partial charge in [-0.1, -0.05) is 28.1 Å². The summed E-state index contributed by atoms with van der Waals surface area (Å²) in [5.74, 6) is 0.0919. The van der Waals surface area contributed by atoms with Gasteiger partial charge in [0.1, 0.15) is 11.5 Å². The van der Waals surface area contributed by atoms with E-state index in [-0.39, 0.29) is 11.5 Å². The number of carbonyl (C=O) groups is 1. The van der Waals surface area contributed by atoms with Crippen LogP contribution in [0.3, 0.4) is 0 Å². The van der Waals surface area contributed by atoms with Gasteiger partial charge in [0.15, 0.2) is 4.90 Å². The molecule has 0 saturated carbocycles. The Morgan fingerprint density at radius 1 is 1.20 bits per heavy atom. The molecule has 0 aliphatic carbocycles. The highest BCUT2D eigenvalue weighted by molar-refractivity contribution is 9.10. The first kappa shape index (κ1) is 19.1.